The number of para-hydroxylation sites is 3. The van der Waals surface area contributed by atoms with Crippen molar-refractivity contribution in [2.24, 2.45) is 0 Å². The number of nitrogens with zero attached hydrogens (tertiary/aromatic N) is 4. The highest BCUT2D eigenvalue weighted by molar-refractivity contribution is 7.81. The first kappa shape index (κ1) is 45.8. The first-order chi connectivity index (χ1) is 31.6. The molecule has 6 aromatic carbocycles. The van der Waals surface area contributed by atoms with E-state index in [4.69, 9.17) is 73.4 Å². The Bertz CT molecular complexity index is 3060. The molecule has 0 aliphatic carbocycles. The van der Waals surface area contributed by atoms with E-state index in [-0.39, 0.29) is 5.69 Å². The molecule has 0 radical (unpaired) electrons. The Morgan fingerprint density at radius 1 is 0.523 bits per heavy atom. The molecule has 328 valence electrons. The Morgan fingerprint density at radius 2 is 0.938 bits per heavy atom. The van der Waals surface area contributed by atoms with Crippen molar-refractivity contribution in [3.05, 3.63) is 177 Å². The molecule has 9 rings (SSSR count). The van der Waals surface area contributed by atoms with Gasteiger partial charge in [-0.15, -0.1) is 0 Å². The van der Waals surface area contributed by atoms with E-state index in [9.17, 15) is 10.1 Å². The van der Waals surface area contributed by atoms with Crippen LogP contribution in [0.1, 0.15) is 11.1 Å². The fourth-order valence-corrected chi connectivity index (χ4v) is 6.76. The van der Waals surface area contributed by atoms with Crippen LogP contribution in [0.4, 0.5) is 28.8 Å². The average molecular weight is 964 g/mol. The van der Waals surface area contributed by atoms with Crippen LogP contribution in [0.5, 0.6) is 0 Å². The molecule has 65 heavy (non-hydrogen) atoms. The summed E-state index contributed by atoms with van der Waals surface area (Å²) in [6, 6.07) is 44.0. The molecular weight excluding hydrogens is 928 g/mol. The maximum Gasteiger partial charge on any atom is 0.269 e. The molecule has 6 N–H and O–H groups in total. The van der Waals surface area contributed by atoms with Crippen LogP contribution < -0.4 is 31.9 Å². The van der Waals surface area contributed by atoms with Gasteiger partial charge in [0.15, 0.2) is 49.5 Å². The largest absolute Gasteiger partial charge is 0.362 e. The van der Waals surface area contributed by atoms with Gasteiger partial charge >= 0.3 is 0 Å². The number of nitro benzene ring substituents is 1. The average Bonchev–Trinajstić information content (AvgIpc) is 4.05. The number of anilines is 4. The minimum absolute atomic E-state index is 0.0203. The van der Waals surface area contributed by atoms with Crippen LogP contribution in [-0.2, 0) is 13.0 Å². The summed E-state index contributed by atoms with van der Waals surface area (Å²) < 4.78 is 15.6. The van der Waals surface area contributed by atoms with Gasteiger partial charge in [-0.05, 0) is 127 Å². The topological polar surface area (TPSA) is 193 Å². The monoisotopic (exact) mass is 962 g/mol. The highest BCUT2D eigenvalue weighted by Crippen LogP contribution is 2.25. The van der Waals surface area contributed by atoms with Gasteiger partial charge in [-0.1, -0.05) is 99.3 Å². The van der Waals surface area contributed by atoms with Crippen LogP contribution in [0.2, 0.25) is 10.0 Å². The van der Waals surface area contributed by atoms with Crippen LogP contribution in [-0.4, -0.2) is 42.3 Å². The fraction of sp³-hybridized carbons (Fsp3) is 0.0667. The van der Waals surface area contributed by atoms with Crippen LogP contribution >= 0.6 is 59.9 Å². The number of fused-ring (bicyclic) bond motifs is 3. The van der Waals surface area contributed by atoms with Crippen molar-refractivity contribution in [3.63, 3.8) is 0 Å². The van der Waals surface area contributed by atoms with Crippen molar-refractivity contribution in [2.45, 2.75) is 13.0 Å². The number of non-ortho nitro benzene ring substituents is 1. The summed E-state index contributed by atoms with van der Waals surface area (Å²) >= 11 is 27.4. The molecule has 0 atom stereocenters. The summed E-state index contributed by atoms with van der Waals surface area (Å²) in [7, 11) is 0. The Hall–Kier alpha value is -7.22. The zero-order chi connectivity index (χ0) is 45.5. The minimum Gasteiger partial charge on any atom is -0.362 e. The fourth-order valence-electron chi connectivity index (χ4n) is 5.92. The zero-order valence-corrected chi connectivity index (χ0v) is 37.7. The molecule has 0 fully saturated rings. The zero-order valence-electron chi connectivity index (χ0n) is 33.8. The molecule has 0 unspecified atom stereocenters. The first-order valence-corrected chi connectivity index (χ1v) is 21.5. The summed E-state index contributed by atoms with van der Waals surface area (Å²) in [4.78, 5) is 10.1. The number of rotatable bonds is 10. The van der Waals surface area contributed by atoms with E-state index in [0.29, 0.717) is 55.6 Å². The van der Waals surface area contributed by atoms with Gasteiger partial charge in [-0.3, -0.25) is 10.1 Å². The van der Waals surface area contributed by atoms with Crippen LogP contribution in [0.15, 0.2) is 159 Å². The predicted molar refractivity (Wildman–Crippen MR) is 269 cm³/mol. The molecule has 0 amide bonds. The summed E-state index contributed by atoms with van der Waals surface area (Å²) in [5.41, 5.74) is 5.06. The molecule has 9 aromatic rings. The van der Waals surface area contributed by atoms with Crippen molar-refractivity contribution in [1.29, 1.82) is 0 Å². The highest BCUT2D eigenvalue weighted by Gasteiger charge is 2.12. The van der Waals surface area contributed by atoms with Gasteiger partial charge in [0.1, 0.15) is 0 Å². The second kappa shape index (κ2) is 22.4. The van der Waals surface area contributed by atoms with Gasteiger partial charge < -0.3 is 45.5 Å². The number of thiocarbonyl (C=S) groups is 3. The standard InChI is InChI=1S/C16H14ClN3OS.C15H12ClN3OS.C14H10N4O3S/c17-12-7-5-11(6-8-12)9-10-18-16(22)19-15-13-3-1-2-4-14(13)21-20-15;16-11-7-5-10(6-8-11)9-17-15(21)18-14-12-3-1-2-4-13(12)20-19-14;19-18(20)10-7-5-9(6-8-10)15-14(22)16-13-11-3-1-2-4-12(11)21-17-13/h1-8H,9-10H2,(H2,18,19,20,22);1-8H,9H2,(H2,17,18,19,21);1-8H,(H2,15,16,17,22). The lowest BCUT2D eigenvalue weighted by Crippen LogP contribution is -2.30. The van der Waals surface area contributed by atoms with E-state index >= 15 is 0 Å². The van der Waals surface area contributed by atoms with Crippen LogP contribution in [0, 0.1) is 10.1 Å². The molecule has 0 aliphatic heterocycles. The summed E-state index contributed by atoms with van der Waals surface area (Å²) in [5.74, 6) is 1.74. The summed E-state index contributed by atoms with van der Waals surface area (Å²) in [5, 5.41) is 46.1. The molecule has 3 heterocycles. The third kappa shape index (κ3) is 13.2. The van der Waals surface area contributed by atoms with Crippen molar-refractivity contribution in [2.75, 3.05) is 27.8 Å². The summed E-state index contributed by atoms with van der Waals surface area (Å²) in [6.07, 6.45) is 0.860. The maximum absolute atomic E-state index is 10.6. The molecule has 3 aromatic heterocycles. The Morgan fingerprint density at radius 3 is 1.40 bits per heavy atom. The van der Waals surface area contributed by atoms with Gasteiger partial charge in [0.2, 0.25) is 0 Å². The third-order valence-electron chi connectivity index (χ3n) is 9.14. The van der Waals surface area contributed by atoms with Gasteiger partial charge in [-0.2, -0.15) is 0 Å². The number of hydrogen-bond donors (Lipinski definition) is 6. The summed E-state index contributed by atoms with van der Waals surface area (Å²) in [6.45, 7) is 1.34. The predicted octanol–water partition coefficient (Wildman–Crippen LogP) is 11.5. The lowest BCUT2D eigenvalue weighted by Gasteiger charge is -2.08. The second-order valence-corrected chi connectivity index (χ2v) is 15.8. The highest BCUT2D eigenvalue weighted by atomic mass is 35.5. The number of benzene rings is 6. The Balaban J connectivity index is 0.000000145. The van der Waals surface area contributed by atoms with Gasteiger partial charge in [0.25, 0.3) is 5.69 Å². The molecule has 20 heteroatoms. The molecule has 0 aliphatic rings. The van der Waals surface area contributed by atoms with Crippen molar-refractivity contribution in [3.8, 4) is 0 Å². The van der Waals surface area contributed by atoms with E-state index in [1.54, 1.807) is 18.2 Å². The normalized spacial score (nSPS) is 10.5. The van der Waals surface area contributed by atoms with E-state index in [1.165, 1.54) is 17.7 Å². The Labute approximate surface area is 396 Å². The maximum atomic E-state index is 10.6. The van der Waals surface area contributed by atoms with Crippen molar-refractivity contribution in [1.82, 2.24) is 26.1 Å². The quantitative estimate of drug-likeness (QED) is 0.0430. The lowest BCUT2D eigenvalue weighted by molar-refractivity contribution is -0.384. The first-order valence-electron chi connectivity index (χ1n) is 19.5. The second-order valence-electron chi connectivity index (χ2n) is 13.7. The van der Waals surface area contributed by atoms with Crippen LogP contribution in [0.3, 0.4) is 0 Å². The Kier molecular flexibility index (Phi) is 15.8. The van der Waals surface area contributed by atoms with Crippen molar-refractivity contribution >= 4 is 137 Å². The smallest absolute Gasteiger partial charge is 0.269 e. The van der Waals surface area contributed by atoms with E-state index in [0.717, 1.165) is 50.9 Å². The SMILES string of the molecule is O=[N+]([O-])c1ccc(NC(=S)Nc2noc3ccccc23)cc1.S=C(NCCc1ccc(Cl)cc1)Nc1noc2ccccc12.S=C(NCc1ccc(Cl)cc1)Nc1noc2ccccc12. The third-order valence-corrected chi connectivity index (χ3v) is 10.3. The number of nitro groups is 1. The molecule has 15 nitrogen and oxygen atoms in total. The molecule has 0 bridgehead atoms. The minimum atomic E-state index is -0.456. The molecule has 0 spiro atoms. The van der Waals surface area contributed by atoms with E-state index < -0.39 is 4.92 Å². The molecule has 0 saturated carbocycles. The number of nitrogens with one attached hydrogen (secondary N) is 6. The van der Waals surface area contributed by atoms with E-state index in [2.05, 4.69) is 47.4 Å². The van der Waals surface area contributed by atoms with E-state index in [1.807, 2.05) is 115 Å². The van der Waals surface area contributed by atoms with Crippen LogP contribution in [0.25, 0.3) is 32.9 Å². The molecular formula is C45H36Cl2N10O5S3. The van der Waals surface area contributed by atoms with Gasteiger partial charge in [-0.25, -0.2) is 0 Å². The number of halogens is 2. The van der Waals surface area contributed by atoms with Gasteiger partial charge in [0.05, 0.1) is 21.1 Å². The number of aromatic nitrogens is 3. The molecule has 0 saturated heterocycles. The van der Waals surface area contributed by atoms with Gasteiger partial charge in [0, 0.05) is 41.0 Å². The lowest BCUT2D eigenvalue weighted by atomic mass is 10.1. The van der Waals surface area contributed by atoms with Crippen molar-refractivity contribution < 1.29 is 18.5 Å². The number of hydrogen-bond acceptors (Lipinski definition) is 11.